The van der Waals surface area contributed by atoms with Crippen LogP contribution in [-0.4, -0.2) is 35.6 Å². The predicted molar refractivity (Wildman–Crippen MR) is 103 cm³/mol. The van der Waals surface area contributed by atoms with Crippen LogP contribution in [0.4, 0.5) is 11.4 Å². The van der Waals surface area contributed by atoms with Crippen LogP contribution in [0.2, 0.25) is 0 Å². The fourth-order valence-corrected chi connectivity index (χ4v) is 2.50. The van der Waals surface area contributed by atoms with E-state index in [-0.39, 0.29) is 5.75 Å². The average molecular weight is 381 g/mol. The first-order chi connectivity index (χ1) is 13.5. The second kappa shape index (κ2) is 8.34. The summed E-state index contributed by atoms with van der Waals surface area (Å²) in [6.45, 7) is 2.47. The molecule has 144 valence electrons. The molecule has 3 aromatic rings. The first kappa shape index (κ1) is 19.1. The van der Waals surface area contributed by atoms with E-state index in [1.165, 1.54) is 6.92 Å². The highest BCUT2D eigenvalue weighted by molar-refractivity contribution is 5.92. The number of hydrogen-bond donors (Lipinski definition) is 1. The number of pyridine rings is 2. The molecule has 0 aliphatic heterocycles. The van der Waals surface area contributed by atoms with Crippen molar-refractivity contribution in [3.05, 3.63) is 48.3 Å². The second-order valence-corrected chi connectivity index (χ2v) is 5.91. The molecule has 0 saturated carbocycles. The number of ether oxygens (including phenoxy) is 3. The van der Waals surface area contributed by atoms with Gasteiger partial charge in [-0.2, -0.15) is 0 Å². The summed E-state index contributed by atoms with van der Waals surface area (Å²) >= 11 is 0. The number of methoxy groups -OCH3 is 1. The number of esters is 2. The number of anilines is 2. The van der Waals surface area contributed by atoms with E-state index in [2.05, 4.69) is 20.0 Å². The van der Waals surface area contributed by atoms with Crippen molar-refractivity contribution in [1.82, 2.24) is 9.97 Å². The number of aromatic nitrogens is 2. The molecule has 0 radical (unpaired) electrons. The summed E-state index contributed by atoms with van der Waals surface area (Å²) in [5, 5.41) is 3.97. The molecular formula is C20H19N3O5. The number of hydrogen-bond acceptors (Lipinski definition) is 8. The van der Waals surface area contributed by atoms with E-state index in [0.717, 1.165) is 17.1 Å². The summed E-state index contributed by atoms with van der Waals surface area (Å²) < 4.78 is 15.1. The number of rotatable bonds is 6. The molecule has 2 heterocycles. The van der Waals surface area contributed by atoms with Crippen molar-refractivity contribution in [2.24, 2.45) is 0 Å². The maximum absolute atomic E-state index is 11.9. The summed E-state index contributed by atoms with van der Waals surface area (Å²) in [6.07, 6.45) is 1.65. The second-order valence-electron chi connectivity index (χ2n) is 5.91. The van der Waals surface area contributed by atoms with Crippen molar-refractivity contribution < 1.29 is 23.8 Å². The van der Waals surface area contributed by atoms with Gasteiger partial charge >= 0.3 is 11.9 Å². The molecule has 28 heavy (non-hydrogen) atoms. The van der Waals surface area contributed by atoms with Gasteiger partial charge in [0.25, 0.3) is 0 Å². The molecule has 8 heteroatoms. The maximum atomic E-state index is 11.9. The Kier molecular flexibility index (Phi) is 5.69. The fourth-order valence-electron chi connectivity index (χ4n) is 2.50. The topological polar surface area (TPSA) is 99.6 Å². The molecule has 0 unspecified atom stereocenters. The zero-order chi connectivity index (χ0) is 20.1. The molecular weight excluding hydrogens is 362 g/mol. The van der Waals surface area contributed by atoms with E-state index in [1.54, 1.807) is 32.4 Å². The quantitative estimate of drug-likeness (QED) is 0.650. The first-order valence-electron chi connectivity index (χ1n) is 8.47. The smallest absolute Gasteiger partial charge is 0.349 e. The predicted octanol–water partition coefficient (Wildman–Crippen LogP) is 3.16. The van der Waals surface area contributed by atoms with Gasteiger partial charge in [-0.1, -0.05) is 0 Å². The van der Waals surface area contributed by atoms with Gasteiger partial charge in [-0.25, -0.2) is 14.8 Å². The van der Waals surface area contributed by atoms with E-state index in [1.807, 2.05) is 24.3 Å². The summed E-state index contributed by atoms with van der Waals surface area (Å²) in [5.74, 6) is -0.215. The Labute approximate surface area is 161 Å². The van der Waals surface area contributed by atoms with Crippen LogP contribution in [0, 0.1) is 6.92 Å². The number of nitrogens with one attached hydrogen (secondary N) is 1. The van der Waals surface area contributed by atoms with Crippen molar-refractivity contribution >= 4 is 34.3 Å². The molecule has 0 fully saturated rings. The number of nitrogens with zero attached hydrogens (tertiary/aromatic N) is 2. The average Bonchev–Trinajstić information content (AvgIpc) is 2.68. The Morgan fingerprint density at radius 3 is 2.57 bits per heavy atom. The zero-order valence-electron chi connectivity index (χ0n) is 15.7. The minimum absolute atomic E-state index is 0.274. The van der Waals surface area contributed by atoms with Crippen LogP contribution in [0.3, 0.4) is 0 Å². The van der Waals surface area contributed by atoms with E-state index in [9.17, 15) is 9.59 Å². The highest BCUT2D eigenvalue weighted by atomic mass is 16.6. The monoisotopic (exact) mass is 381 g/mol. The maximum Gasteiger partial charge on any atom is 0.349 e. The fraction of sp³-hybridized carbons (Fsp3) is 0.200. The number of carbonyl (C=O) groups is 2. The molecule has 0 aliphatic carbocycles. The lowest BCUT2D eigenvalue weighted by molar-refractivity contribution is -0.152. The Hall–Kier alpha value is -3.68. The van der Waals surface area contributed by atoms with Crippen LogP contribution < -0.4 is 14.8 Å². The minimum Gasteiger partial charge on any atom is -0.497 e. The number of aryl methyl sites for hydroxylation is 1. The molecule has 8 nitrogen and oxygen atoms in total. The van der Waals surface area contributed by atoms with Gasteiger partial charge < -0.3 is 19.5 Å². The van der Waals surface area contributed by atoms with Crippen LogP contribution >= 0.6 is 0 Å². The molecule has 1 N–H and O–H groups in total. The third-order valence-corrected chi connectivity index (χ3v) is 3.86. The molecule has 0 atom stereocenters. The third kappa shape index (κ3) is 4.53. The lowest BCUT2D eigenvalue weighted by Gasteiger charge is -2.12. The van der Waals surface area contributed by atoms with Crippen LogP contribution in [-0.2, 0) is 14.3 Å². The molecule has 0 aliphatic rings. The first-order valence-corrected chi connectivity index (χ1v) is 8.47. The highest BCUT2D eigenvalue weighted by Crippen LogP contribution is 2.29. The number of fused-ring (bicyclic) bond motifs is 1. The standard InChI is InChI=1S/C20H19N3O5/c1-12-18(28-19(25)11-27-13(2)24)10-16-17(8-9-21-20(16)22-12)23-14-4-6-15(26-3)7-5-14/h4-10H,11H2,1-3H3,(H,21,22,23). The Morgan fingerprint density at radius 1 is 1.14 bits per heavy atom. The molecule has 0 bridgehead atoms. The number of benzene rings is 1. The van der Waals surface area contributed by atoms with Crippen molar-refractivity contribution in [2.45, 2.75) is 13.8 Å². The van der Waals surface area contributed by atoms with Gasteiger partial charge in [-0.3, -0.25) is 4.79 Å². The summed E-state index contributed by atoms with van der Waals surface area (Å²) in [7, 11) is 1.61. The van der Waals surface area contributed by atoms with Gasteiger partial charge in [0.1, 0.15) is 5.75 Å². The molecule has 0 saturated heterocycles. The van der Waals surface area contributed by atoms with Gasteiger partial charge in [0.2, 0.25) is 0 Å². The van der Waals surface area contributed by atoms with Gasteiger partial charge in [0.15, 0.2) is 18.0 Å². The summed E-state index contributed by atoms with van der Waals surface area (Å²) in [6, 6.07) is 10.9. The van der Waals surface area contributed by atoms with Crippen LogP contribution in [0.15, 0.2) is 42.6 Å². The van der Waals surface area contributed by atoms with Crippen molar-refractivity contribution in [3.8, 4) is 11.5 Å². The largest absolute Gasteiger partial charge is 0.497 e. The molecule has 0 amide bonds. The molecule has 0 spiro atoms. The van der Waals surface area contributed by atoms with E-state index in [0.29, 0.717) is 16.7 Å². The van der Waals surface area contributed by atoms with E-state index < -0.39 is 18.5 Å². The van der Waals surface area contributed by atoms with Gasteiger partial charge in [0.05, 0.1) is 18.5 Å². The Morgan fingerprint density at radius 2 is 1.89 bits per heavy atom. The van der Waals surface area contributed by atoms with Gasteiger partial charge in [-0.15, -0.1) is 0 Å². The van der Waals surface area contributed by atoms with Crippen molar-refractivity contribution in [1.29, 1.82) is 0 Å². The SMILES string of the molecule is COc1ccc(Nc2ccnc3nc(C)c(OC(=O)COC(C)=O)cc23)cc1. The molecule has 2 aromatic heterocycles. The number of carbonyl (C=O) groups excluding carboxylic acids is 2. The van der Waals surface area contributed by atoms with Crippen molar-refractivity contribution in [3.63, 3.8) is 0 Å². The lowest BCUT2D eigenvalue weighted by atomic mass is 10.2. The van der Waals surface area contributed by atoms with Crippen LogP contribution in [0.1, 0.15) is 12.6 Å². The minimum atomic E-state index is -0.687. The summed E-state index contributed by atoms with van der Waals surface area (Å²) in [4.78, 5) is 31.4. The zero-order valence-corrected chi connectivity index (χ0v) is 15.7. The Balaban J connectivity index is 1.88. The summed E-state index contributed by atoms with van der Waals surface area (Å²) in [5.41, 5.74) is 2.61. The van der Waals surface area contributed by atoms with E-state index in [4.69, 9.17) is 9.47 Å². The van der Waals surface area contributed by atoms with E-state index >= 15 is 0 Å². The lowest BCUT2D eigenvalue weighted by Crippen LogP contribution is -2.18. The van der Waals surface area contributed by atoms with Crippen LogP contribution in [0.25, 0.3) is 11.0 Å². The normalized spacial score (nSPS) is 10.4. The van der Waals surface area contributed by atoms with Gasteiger partial charge in [0, 0.05) is 24.2 Å². The van der Waals surface area contributed by atoms with Crippen LogP contribution in [0.5, 0.6) is 11.5 Å². The van der Waals surface area contributed by atoms with Crippen molar-refractivity contribution in [2.75, 3.05) is 19.0 Å². The highest BCUT2D eigenvalue weighted by Gasteiger charge is 2.13. The van der Waals surface area contributed by atoms with Gasteiger partial charge in [-0.05, 0) is 43.3 Å². The Bertz CT molecular complexity index is 1020. The molecule has 3 rings (SSSR count). The third-order valence-electron chi connectivity index (χ3n) is 3.86. The molecule has 1 aromatic carbocycles.